The molecule has 0 radical (unpaired) electrons. The molecule has 0 unspecified atom stereocenters. The summed E-state index contributed by atoms with van der Waals surface area (Å²) in [7, 11) is 0. The zero-order valence-electron chi connectivity index (χ0n) is 10.7. The van der Waals surface area contributed by atoms with Crippen molar-refractivity contribution in [2.75, 3.05) is 13.2 Å². The molecule has 5 heteroatoms. The van der Waals surface area contributed by atoms with Crippen LogP contribution in [0.3, 0.4) is 0 Å². The largest absolute Gasteiger partial charge is 0.376 e. The van der Waals surface area contributed by atoms with Crippen molar-refractivity contribution in [1.29, 1.82) is 0 Å². The van der Waals surface area contributed by atoms with Gasteiger partial charge < -0.3 is 10.1 Å². The molecular weight excluding hydrogens is 220 g/mol. The molecule has 3 amide bonds. The van der Waals surface area contributed by atoms with E-state index in [0.29, 0.717) is 6.54 Å². The second-order valence-corrected chi connectivity index (χ2v) is 5.34. The molecule has 2 saturated heterocycles. The van der Waals surface area contributed by atoms with E-state index in [1.807, 2.05) is 13.8 Å². The molecule has 0 saturated carbocycles. The van der Waals surface area contributed by atoms with Crippen LogP contribution in [0.4, 0.5) is 4.79 Å². The summed E-state index contributed by atoms with van der Waals surface area (Å²) in [6.07, 6.45) is 1.95. The molecule has 1 N–H and O–H groups in total. The fourth-order valence-electron chi connectivity index (χ4n) is 2.26. The average Bonchev–Trinajstić information content (AvgIpc) is 2.82. The van der Waals surface area contributed by atoms with Gasteiger partial charge in [0, 0.05) is 6.61 Å². The number of rotatable bonds is 3. The lowest BCUT2D eigenvalue weighted by Gasteiger charge is -2.26. The van der Waals surface area contributed by atoms with Gasteiger partial charge in [-0.05, 0) is 25.7 Å². The molecule has 2 rings (SSSR count). The second kappa shape index (κ2) is 4.29. The Kier molecular flexibility index (Phi) is 3.12. The van der Waals surface area contributed by atoms with Gasteiger partial charge in [0.15, 0.2) is 0 Å². The Morgan fingerprint density at radius 3 is 2.71 bits per heavy atom. The van der Waals surface area contributed by atoms with E-state index in [1.165, 1.54) is 4.90 Å². The van der Waals surface area contributed by atoms with Gasteiger partial charge in [-0.3, -0.25) is 9.69 Å². The predicted molar refractivity (Wildman–Crippen MR) is 62.5 cm³/mol. The summed E-state index contributed by atoms with van der Waals surface area (Å²) in [5, 5.41) is 2.79. The first-order chi connectivity index (χ1) is 7.95. The van der Waals surface area contributed by atoms with Gasteiger partial charge in [-0.1, -0.05) is 13.8 Å². The quantitative estimate of drug-likeness (QED) is 0.752. The summed E-state index contributed by atoms with van der Waals surface area (Å²) >= 11 is 0. The average molecular weight is 240 g/mol. The number of imide groups is 1. The molecule has 2 aliphatic rings. The lowest BCUT2D eigenvalue weighted by molar-refractivity contribution is -0.133. The third kappa shape index (κ3) is 2.04. The molecule has 0 aromatic rings. The Morgan fingerprint density at radius 1 is 1.53 bits per heavy atom. The first kappa shape index (κ1) is 12.4. The molecule has 2 atom stereocenters. The number of carbonyl (C=O) groups is 2. The summed E-state index contributed by atoms with van der Waals surface area (Å²) < 4.78 is 5.47. The van der Waals surface area contributed by atoms with Crippen LogP contribution >= 0.6 is 0 Å². The van der Waals surface area contributed by atoms with Crippen LogP contribution in [-0.2, 0) is 9.53 Å². The van der Waals surface area contributed by atoms with Crippen LogP contribution < -0.4 is 5.32 Å². The lowest BCUT2D eigenvalue weighted by atomic mass is 9.88. The first-order valence-corrected chi connectivity index (χ1v) is 6.21. The van der Waals surface area contributed by atoms with Crippen molar-refractivity contribution in [2.45, 2.75) is 45.3 Å². The Hall–Kier alpha value is -1.10. The van der Waals surface area contributed by atoms with Crippen molar-refractivity contribution < 1.29 is 14.3 Å². The number of urea groups is 1. The van der Waals surface area contributed by atoms with E-state index in [9.17, 15) is 9.59 Å². The summed E-state index contributed by atoms with van der Waals surface area (Å²) in [6, 6.07) is -0.290. The number of ether oxygens (including phenoxy) is 1. The van der Waals surface area contributed by atoms with E-state index >= 15 is 0 Å². The summed E-state index contributed by atoms with van der Waals surface area (Å²) in [5.41, 5.74) is -0.768. The van der Waals surface area contributed by atoms with Crippen LogP contribution in [-0.4, -0.2) is 41.6 Å². The molecule has 0 aromatic heterocycles. The molecule has 0 spiro atoms. The normalized spacial score (nSPS) is 33.6. The number of hydrogen-bond donors (Lipinski definition) is 1. The van der Waals surface area contributed by atoms with Crippen molar-refractivity contribution in [3.63, 3.8) is 0 Å². The number of hydrogen-bond acceptors (Lipinski definition) is 3. The number of nitrogens with one attached hydrogen (secondary N) is 1. The minimum Gasteiger partial charge on any atom is -0.376 e. The van der Waals surface area contributed by atoms with Gasteiger partial charge in [-0.15, -0.1) is 0 Å². The highest BCUT2D eigenvalue weighted by Gasteiger charge is 2.50. The van der Waals surface area contributed by atoms with Crippen LogP contribution in [0.25, 0.3) is 0 Å². The maximum absolute atomic E-state index is 12.3. The Balaban J connectivity index is 2.08. The molecule has 17 heavy (non-hydrogen) atoms. The lowest BCUT2D eigenvalue weighted by Crippen LogP contribution is -2.48. The molecule has 0 bridgehead atoms. The van der Waals surface area contributed by atoms with E-state index < -0.39 is 5.54 Å². The third-order valence-electron chi connectivity index (χ3n) is 3.87. The van der Waals surface area contributed by atoms with Crippen molar-refractivity contribution in [1.82, 2.24) is 10.2 Å². The Labute approximate surface area is 101 Å². The summed E-state index contributed by atoms with van der Waals surface area (Å²) in [4.78, 5) is 25.4. The number of amides is 3. The number of nitrogens with zero attached hydrogens (tertiary/aromatic N) is 1. The highest BCUT2D eigenvalue weighted by Crippen LogP contribution is 2.26. The molecule has 96 valence electrons. The summed E-state index contributed by atoms with van der Waals surface area (Å²) in [5.74, 6) is -0.0542. The highest BCUT2D eigenvalue weighted by atomic mass is 16.5. The summed E-state index contributed by atoms with van der Waals surface area (Å²) in [6.45, 7) is 6.78. The fraction of sp³-hybridized carbons (Fsp3) is 0.833. The van der Waals surface area contributed by atoms with Gasteiger partial charge in [0.2, 0.25) is 0 Å². The van der Waals surface area contributed by atoms with Gasteiger partial charge in [-0.2, -0.15) is 0 Å². The van der Waals surface area contributed by atoms with Gasteiger partial charge in [0.25, 0.3) is 5.91 Å². The van der Waals surface area contributed by atoms with Crippen molar-refractivity contribution in [3.05, 3.63) is 0 Å². The predicted octanol–water partition coefficient (Wildman–Crippen LogP) is 1.13. The van der Waals surface area contributed by atoms with Crippen LogP contribution in [0.5, 0.6) is 0 Å². The molecule has 2 heterocycles. The molecule has 2 fully saturated rings. The molecule has 5 nitrogen and oxygen atoms in total. The smallest absolute Gasteiger partial charge is 0.325 e. The SMILES string of the molecule is CC(C)[C@@]1(C)NC(=O)N(C[C@@H]2CCCO2)C1=O. The van der Waals surface area contributed by atoms with E-state index in [1.54, 1.807) is 6.92 Å². The third-order valence-corrected chi connectivity index (χ3v) is 3.87. The van der Waals surface area contributed by atoms with Crippen molar-refractivity contribution in [2.24, 2.45) is 5.92 Å². The Bertz CT molecular complexity index is 337. The van der Waals surface area contributed by atoms with Crippen molar-refractivity contribution in [3.8, 4) is 0 Å². The van der Waals surface area contributed by atoms with E-state index in [4.69, 9.17) is 4.74 Å². The highest BCUT2D eigenvalue weighted by molar-refractivity contribution is 6.06. The van der Waals surface area contributed by atoms with E-state index in [-0.39, 0.29) is 24.0 Å². The topological polar surface area (TPSA) is 58.6 Å². The van der Waals surface area contributed by atoms with Crippen molar-refractivity contribution >= 4 is 11.9 Å². The van der Waals surface area contributed by atoms with Crippen LogP contribution in [0.1, 0.15) is 33.6 Å². The fourth-order valence-corrected chi connectivity index (χ4v) is 2.26. The standard InChI is InChI=1S/C12H20N2O3/c1-8(2)12(3)10(15)14(11(16)13-12)7-9-5-4-6-17-9/h8-9H,4-7H2,1-3H3,(H,13,16)/t9-,12+/m0/s1. The van der Waals surface area contributed by atoms with Crippen LogP contribution in [0.15, 0.2) is 0 Å². The zero-order chi connectivity index (χ0) is 12.6. The molecular formula is C12H20N2O3. The second-order valence-electron chi connectivity index (χ2n) is 5.34. The maximum atomic E-state index is 12.3. The molecule has 2 aliphatic heterocycles. The minimum atomic E-state index is -0.768. The first-order valence-electron chi connectivity index (χ1n) is 6.21. The zero-order valence-corrected chi connectivity index (χ0v) is 10.7. The molecule has 0 aromatic carbocycles. The van der Waals surface area contributed by atoms with Gasteiger partial charge in [0.05, 0.1) is 12.6 Å². The monoisotopic (exact) mass is 240 g/mol. The maximum Gasteiger partial charge on any atom is 0.325 e. The van der Waals surface area contributed by atoms with E-state index in [2.05, 4.69) is 5.32 Å². The minimum absolute atomic E-state index is 0.0132. The van der Waals surface area contributed by atoms with Gasteiger partial charge in [0.1, 0.15) is 5.54 Å². The molecule has 0 aliphatic carbocycles. The van der Waals surface area contributed by atoms with Gasteiger partial charge in [-0.25, -0.2) is 4.79 Å². The van der Waals surface area contributed by atoms with Crippen LogP contribution in [0.2, 0.25) is 0 Å². The van der Waals surface area contributed by atoms with Crippen LogP contribution in [0, 0.1) is 5.92 Å². The van der Waals surface area contributed by atoms with E-state index in [0.717, 1.165) is 19.4 Å². The van der Waals surface area contributed by atoms with Gasteiger partial charge >= 0.3 is 6.03 Å². The Morgan fingerprint density at radius 2 is 2.24 bits per heavy atom. The number of carbonyl (C=O) groups excluding carboxylic acids is 2.